The molecule has 0 aromatic heterocycles. The molecule has 3 rings (SSSR count). The number of likely N-dealkylation sites (tertiary alicyclic amines) is 1. The van der Waals surface area contributed by atoms with E-state index in [1.54, 1.807) is 6.07 Å². The average molecular weight is 348 g/mol. The summed E-state index contributed by atoms with van der Waals surface area (Å²) in [5.41, 5.74) is 0.850. The summed E-state index contributed by atoms with van der Waals surface area (Å²) in [5.74, 6) is 0.806. The molecule has 2 atom stereocenters. The van der Waals surface area contributed by atoms with Crippen molar-refractivity contribution in [2.75, 3.05) is 27.2 Å². The summed E-state index contributed by atoms with van der Waals surface area (Å²) < 4.78 is 18.8. The van der Waals surface area contributed by atoms with Gasteiger partial charge in [0.05, 0.1) is 13.7 Å². The Morgan fingerprint density at radius 1 is 1.28 bits per heavy atom. The zero-order chi connectivity index (χ0) is 17.8. The zero-order valence-corrected chi connectivity index (χ0v) is 15.3. The monoisotopic (exact) mass is 348 g/mol. The number of nitrogens with zero attached hydrogens (tertiary/aromatic N) is 2. The first-order valence-corrected chi connectivity index (χ1v) is 9.39. The van der Waals surface area contributed by atoms with Crippen LogP contribution in [-0.4, -0.2) is 49.0 Å². The van der Waals surface area contributed by atoms with Crippen molar-refractivity contribution < 1.29 is 13.9 Å². The van der Waals surface area contributed by atoms with E-state index in [-0.39, 0.29) is 17.5 Å². The summed E-state index contributed by atoms with van der Waals surface area (Å²) in [6.07, 6.45) is 7.38. The highest BCUT2D eigenvalue weighted by Gasteiger charge is 2.35. The second kappa shape index (κ2) is 8.17. The van der Waals surface area contributed by atoms with Crippen molar-refractivity contribution in [1.82, 2.24) is 9.80 Å². The summed E-state index contributed by atoms with van der Waals surface area (Å²) >= 11 is 0. The molecule has 1 aliphatic heterocycles. The van der Waals surface area contributed by atoms with Crippen LogP contribution in [0.25, 0.3) is 0 Å². The Bertz CT molecular complexity index is 605. The van der Waals surface area contributed by atoms with Gasteiger partial charge < -0.3 is 9.64 Å². The summed E-state index contributed by atoms with van der Waals surface area (Å²) in [5, 5.41) is 0. The van der Waals surface area contributed by atoms with Crippen molar-refractivity contribution in [2.45, 2.75) is 51.1 Å². The van der Waals surface area contributed by atoms with Crippen LogP contribution in [0.4, 0.5) is 4.39 Å². The van der Waals surface area contributed by atoms with Gasteiger partial charge in [0.1, 0.15) is 0 Å². The topological polar surface area (TPSA) is 32.8 Å². The smallest absolute Gasteiger partial charge is 0.237 e. The van der Waals surface area contributed by atoms with Crippen LogP contribution >= 0.6 is 0 Å². The van der Waals surface area contributed by atoms with E-state index >= 15 is 0 Å². The number of ether oxygens (including phenoxy) is 1. The fourth-order valence-corrected chi connectivity index (χ4v) is 4.43. The van der Waals surface area contributed by atoms with E-state index in [1.807, 2.05) is 18.0 Å². The largest absolute Gasteiger partial charge is 0.494 e. The molecule has 2 fully saturated rings. The van der Waals surface area contributed by atoms with E-state index in [4.69, 9.17) is 4.74 Å². The number of halogens is 1. The Morgan fingerprint density at radius 3 is 2.80 bits per heavy atom. The Kier molecular flexibility index (Phi) is 5.94. The molecule has 1 aromatic carbocycles. The van der Waals surface area contributed by atoms with E-state index in [9.17, 15) is 9.18 Å². The number of fused-ring (bicyclic) bond motifs is 1. The minimum absolute atomic E-state index is 0.216. The summed E-state index contributed by atoms with van der Waals surface area (Å²) in [6, 6.07) is 5.41. The molecule has 5 heteroatoms. The lowest BCUT2D eigenvalue weighted by molar-refractivity contribution is -0.138. The third kappa shape index (κ3) is 4.32. The number of rotatable bonds is 5. The summed E-state index contributed by atoms with van der Waals surface area (Å²) in [7, 11) is 3.38. The lowest BCUT2D eigenvalue weighted by atomic mass is 9.78. The minimum Gasteiger partial charge on any atom is -0.494 e. The Labute approximate surface area is 149 Å². The van der Waals surface area contributed by atoms with Crippen LogP contribution in [0.1, 0.15) is 44.1 Å². The SMILES string of the molecule is COc1ccc(CN(C)CC(=O)N2CCCC3CCCCC32)cc1F. The van der Waals surface area contributed by atoms with Gasteiger partial charge in [0.25, 0.3) is 0 Å². The maximum atomic E-state index is 13.8. The number of carbonyl (C=O) groups is 1. The number of methoxy groups -OCH3 is 1. The lowest BCUT2D eigenvalue weighted by Gasteiger charge is -2.44. The van der Waals surface area contributed by atoms with Gasteiger partial charge in [0.2, 0.25) is 5.91 Å². The molecular formula is C20H29FN2O2. The van der Waals surface area contributed by atoms with Gasteiger partial charge in [-0.15, -0.1) is 0 Å². The molecular weight excluding hydrogens is 319 g/mol. The van der Waals surface area contributed by atoms with E-state index in [0.29, 0.717) is 25.0 Å². The van der Waals surface area contributed by atoms with Crippen LogP contribution in [0.15, 0.2) is 18.2 Å². The zero-order valence-electron chi connectivity index (χ0n) is 15.3. The second-order valence-corrected chi connectivity index (χ2v) is 7.48. The van der Waals surface area contributed by atoms with E-state index in [0.717, 1.165) is 24.9 Å². The van der Waals surface area contributed by atoms with E-state index < -0.39 is 0 Å². The van der Waals surface area contributed by atoms with Crippen molar-refractivity contribution >= 4 is 5.91 Å². The van der Waals surface area contributed by atoms with Crippen molar-refractivity contribution in [1.29, 1.82) is 0 Å². The highest BCUT2D eigenvalue weighted by molar-refractivity contribution is 5.78. The van der Waals surface area contributed by atoms with Gasteiger partial charge in [-0.2, -0.15) is 0 Å². The molecule has 2 unspecified atom stereocenters. The molecule has 1 saturated carbocycles. The first-order chi connectivity index (χ1) is 12.1. The number of piperidine rings is 1. The highest BCUT2D eigenvalue weighted by Crippen LogP contribution is 2.35. The molecule has 2 aliphatic rings. The molecule has 1 saturated heterocycles. The lowest BCUT2D eigenvalue weighted by Crippen LogP contribution is -2.52. The molecule has 25 heavy (non-hydrogen) atoms. The minimum atomic E-state index is -0.360. The summed E-state index contributed by atoms with van der Waals surface area (Å²) in [6.45, 7) is 1.83. The van der Waals surface area contributed by atoms with Crippen molar-refractivity contribution in [3.63, 3.8) is 0 Å². The van der Waals surface area contributed by atoms with Gasteiger partial charge in [-0.05, 0) is 56.3 Å². The number of benzene rings is 1. The van der Waals surface area contributed by atoms with Crippen LogP contribution in [0.3, 0.4) is 0 Å². The maximum Gasteiger partial charge on any atom is 0.237 e. The number of hydrogen-bond acceptors (Lipinski definition) is 3. The van der Waals surface area contributed by atoms with Crippen LogP contribution in [0.2, 0.25) is 0 Å². The quantitative estimate of drug-likeness (QED) is 0.817. The molecule has 138 valence electrons. The van der Waals surface area contributed by atoms with Crippen molar-refractivity contribution in [3.8, 4) is 5.75 Å². The average Bonchev–Trinajstić information content (AvgIpc) is 2.61. The van der Waals surface area contributed by atoms with E-state index in [2.05, 4.69) is 4.90 Å². The second-order valence-electron chi connectivity index (χ2n) is 7.48. The molecule has 0 spiro atoms. The van der Waals surface area contributed by atoms with Crippen LogP contribution < -0.4 is 4.74 Å². The molecule has 1 heterocycles. The molecule has 1 aliphatic carbocycles. The predicted octanol–water partition coefficient (Wildman–Crippen LogP) is 3.45. The summed E-state index contributed by atoms with van der Waals surface area (Å²) in [4.78, 5) is 16.9. The Morgan fingerprint density at radius 2 is 2.04 bits per heavy atom. The maximum absolute atomic E-state index is 13.8. The van der Waals surface area contributed by atoms with Crippen LogP contribution in [0, 0.1) is 11.7 Å². The number of hydrogen-bond donors (Lipinski definition) is 0. The first kappa shape index (κ1) is 18.2. The molecule has 4 nitrogen and oxygen atoms in total. The standard InChI is InChI=1S/C20H29FN2O2/c1-22(13-15-9-10-19(25-2)17(21)12-15)14-20(24)23-11-5-7-16-6-3-4-8-18(16)23/h9-10,12,16,18H,3-8,11,13-14H2,1-2H3. The molecule has 0 N–H and O–H groups in total. The van der Waals surface area contributed by atoms with Gasteiger partial charge in [-0.25, -0.2) is 4.39 Å². The van der Waals surface area contributed by atoms with Crippen molar-refractivity contribution in [2.24, 2.45) is 5.92 Å². The Balaban J connectivity index is 1.57. The Hall–Kier alpha value is -1.62. The van der Waals surface area contributed by atoms with Crippen LogP contribution in [-0.2, 0) is 11.3 Å². The molecule has 0 radical (unpaired) electrons. The van der Waals surface area contributed by atoms with Crippen molar-refractivity contribution in [3.05, 3.63) is 29.6 Å². The molecule has 1 amide bonds. The first-order valence-electron chi connectivity index (χ1n) is 9.39. The number of likely N-dealkylation sites (N-methyl/N-ethyl adjacent to an activating group) is 1. The van der Waals surface area contributed by atoms with Gasteiger partial charge >= 0.3 is 0 Å². The number of amides is 1. The third-order valence-electron chi connectivity index (χ3n) is 5.64. The van der Waals surface area contributed by atoms with Gasteiger partial charge in [0, 0.05) is 19.1 Å². The molecule has 0 bridgehead atoms. The normalized spacial score (nSPS) is 23.4. The third-order valence-corrected chi connectivity index (χ3v) is 5.64. The molecule has 1 aromatic rings. The van der Waals surface area contributed by atoms with Crippen LogP contribution in [0.5, 0.6) is 5.75 Å². The number of carbonyl (C=O) groups excluding carboxylic acids is 1. The predicted molar refractivity (Wildman–Crippen MR) is 96.0 cm³/mol. The van der Waals surface area contributed by atoms with E-state index in [1.165, 1.54) is 38.9 Å². The van der Waals surface area contributed by atoms with Gasteiger partial charge in [-0.3, -0.25) is 9.69 Å². The van der Waals surface area contributed by atoms with Gasteiger partial charge in [0.15, 0.2) is 11.6 Å². The van der Waals surface area contributed by atoms with Gasteiger partial charge in [-0.1, -0.05) is 18.9 Å². The highest BCUT2D eigenvalue weighted by atomic mass is 19.1. The fraction of sp³-hybridized carbons (Fsp3) is 0.650. The fourth-order valence-electron chi connectivity index (χ4n) is 4.43.